The van der Waals surface area contributed by atoms with Crippen LogP contribution in [0.4, 0.5) is 4.39 Å². The third kappa shape index (κ3) is 4.15. The summed E-state index contributed by atoms with van der Waals surface area (Å²) in [6.07, 6.45) is 0. The van der Waals surface area contributed by atoms with Crippen LogP contribution in [-0.4, -0.2) is 17.6 Å². The summed E-state index contributed by atoms with van der Waals surface area (Å²) in [7, 11) is 0. The Hall–Kier alpha value is -2.16. The summed E-state index contributed by atoms with van der Waals surface area (Å²) in [6.45, 7) is 1.63. The Kier molecular flexibility index (Phi) is 5.09. The van der Waals surface area contributed by atoms with Gasteiger partial charge in [-0.1, -0.05) is 24.0 Å². The van der Waals surface area contributed by atoms with Crippen molar-refractivity contribution in [2.75, 3.05) is 6.61 Å². The number of benzene rings is 1. The van der Waals surface area contributed by atoms with Gasteiger partial charge < -0.3 is 10.4 Å². The molecule has 1 atom stereocenters. The number of carbonyl (C=O) groups is 1. The average Bonchev–Trinajstić information content (AvgIpc) is 2.94. The fourth-order valence-electron chi connectivity index (χ4n) is 1.76. The minimum Gasteiger partial charge on any atom is -0.384 e. The molecule has 2 rings (SSSR count). The number of amides is 1. The van der Waals surface area contributed by atoms with E-state index in [0.29, 0.717) is 5.56 Å². The van der Waals surface area contributed by atoms with Crippen LogP contribution in [0.2, 0.25) is 0 Å². The molecule has 0 radical (unpaired) electrons. The molecular weight excluding hydrogens is 289 g/mol. The zero-order valence-corrected chi connectivity index (χ0v) is 12.2. The maximum atomic E-state index is 12.9. The number of hydrogen-bond donors (Lipinski definition) is 2. The summed E-state index contributed by atoms with van der Waals surface area (Å²) in [5.74, 6) is 4.78. The lowest BCUT2D eigenvalue weighted by atomic mass is 10.1. The molecule has 0 saturated heterocycles. The van der Waals surface area contributed by atoms with Gasteiger partial charge in [-0.2, -0.15) is 0 Å². The molecule has 5 heteroatoms. The smallest absolute Gasteiger partial charge is 0.252 e. The molecule has 0 fully saturated rings. The number of carbonyl (C=O) groups excluding carboxylic acids is 1. The second kappa shape index (κ2) is 7.02. The molecule has 0 bridgehead atoms. The minimum absolute atomic E-state index is 0.207. The zero-order chi connectivity index (χ0) is 15.2. The third-order valence-electron chi connectivity index (χ3n) is 2.87. The summed E-state index contributed by atoms with van der Waals surface area (Å²) in [5, 5.41) is 13.2. The second-order valence-corrected chi connectivity index (χ2v) is 5.32. The van der Waals surface area contributed by atoms with Crippen molar-refractivity contribution < 1.29 is 14.3 Å². The molecule has 1 unspecified atom stereocenters. The Morgan fingerprint density at radius 3 is 2.81 bits per heavy atom. The fourth-order valence-corrected chi connectivity index (χ4v) is 2.52. The van der Waals surface area contributed by atoms with Crippen LogP contribution in [0.1, 0.15) is 33.8 Å². The van der Waals surface area contributed by atoms with Gasteiger partial charge in [0.25, 0.3) is 5.91 Å². The molecule has 0 spiro atoms. The molecule has 108 valence electrons. The van der Waals surface area contributed by atoms with E-state index < -0.39 is 0 Å². The van der Waals surface area contributed by atoms with Gasteiger partial charge in [0.15, 0.2) is 0 Å². The van der Waals surface area contributed by atoms with Crippen LogP contribution in [0.3, 0.4) is 0 Å². The first-order chi connectivity index (χ1) is 10.1. The van der Waals surface area contributed by atoms with Crippen LogP contribution < -0.4 is 5.32 Å². The van der Waals surface area contributed by atoms with Gasteiger partial charge >= 0.3 is 0 Å². The molecule has 1 aromatic heterocycles. The Bertz CT molecular complexity index is 682. The maximum absolute atomic E-state index is 12.9. The van der Waals surface area contributed by atoms with E-state index in [0.717, 1.165) is 10.4 Å². The van der Waals surface area contributed by atoms with Crippen molar-refractivity contribution in [3.05, 3.63) is 57.5 Å². The van der Waals surface area contributed by atoms with Gasteiger partial charge in [0.2, 0.25) is 0 Å². The first-order valence-corrected chi connectivity index (χ1v) is 7.22. The van der Waals surface area contributed by atoms with Gasteiger partial charge in [-0.3, -0.25) is 4.79 Å². The first kappa shape index (κ1) is 15.2. The van der Waals surface area contributed by atoms with E-state index in [4.69, 9.17) is 5.11 Å². The van der Waals surface area contributed by atoms with Gasteiger partial charge in [0, 0.05) is 5.38 Å². The van der Waals surface area contributed by atoms with Crippen molar-refractivity contribution in [1.82, 2.24) is 5.32 Å². The predicted molar refractivity (Wildman–Crippen MR) is 80.6 cm³/mol. The highest BCUT2D eigenvalue weighted by Crippen LogP contribution is 2.17. The Labute approximate surface area is 126 Å². The number of nitrogens with one attached hydrogen (secondary N) is 1. The van der Waals surface area contributed by atoms with Gasteiger partial charge in [0.1, 0.15) is 12.4 Å². The van der Waals surface area contributed by atoms with Crippen molar-refractivity contribution >= 4 is 17.2 Å². The number of hydrogen-bond acceptors (Lipinski definition) is 3. The summed E-state index contributed by atoms with van der Waals surface area (Å²) >= 11 is 1.35. The van der Waals surface area contributed by atoms with E-state index in [1.54, 1.807) is 23.6 Å². The van der Waals surface area contributed by atoms with Crippen molar-refractivity contribution in [2.45, 2.75) is 13.0 Å². The number of halogens is 1. The van der Waals surface area contributed by atoms with Crippen LogP contribution in [-0.2, 0) is 0 Å². The Morgan fingerprint density at radius 1 is 1.43 bits per heavy atom. The van der Waals surface area contributed by atoms with Crippen LogP contribution in [0.5, 0.6) is 0 Å². The molecule has 21 heavy (non-hydrogen) atoms. The summed E-state index contributed by atoms with van der Waals surface area (Å²) in [6, 6.07) is 7.49. The van der Waals surface area contributed by atoms with E-state index in [9.17, 15) is 9.18 Å². The Morgan fingerprint density at radius 2 is 2.14 bits per heavy atom. The fraction of sp³-hybridized carbons (Fsp3) is 0.188. The lowest BCUT2D eigenvalue weighted by Gasteiger charge is -2.13. The van der Waals surface area contributed by atoms with Crippen molar-refractivity contribution in [2.24, 2.45) is 0 Å². The molecule has 2 aromatic rings. The molecule has 0 aliphatic carbocycles. The molecule has 3 nitrogen and oxygen atoms in total. The number of aliphatic hydroxyl groups is 1. The lowest BCUT2D eigenvalue weighted by Crippen LogP contribution is -2.26. The molecule has 1 amide bonds. The minimum atomic E-state index is -0.304. The van der Waals surface area contributed by atoms with Crippen molar-refractivity contribution in [3.8, 4) is 11.8 Å². The average molecular weight is 303 g/mol. The van der Waals surface area contributed by atoms with Crippen LogP contribution in [0.25, 0.3) is 0 Å². The highest BCUT2D eigenvalue weighted by atomic mass is 32.1. The van der Waals surface area contributed by atoms with E-state index in [1.807, 2.05) is 6.92 Å². The van der Waals surface area contributed by atoms with E-state index in [2.05, 4.69) is 17.2 Å². The SMILES string of the molecule is CC(NC(=O)c1csc(C#CCO)c1)c1ccc(F)cc1. The van der Waals surface area contributed by atoms with Gasteiger partial charge in [-0.25, -0.2) is 4.39 Å². The third-order valence-corrected chi connectivity index (χ3v) is 3.72. The molecule has 0 saturated carbocycles. The number of aliphatic hydroxyl groups excluding tert-OH is 1. The molecule has 1 heterocycles. The summed E-state index contributed by atoms with van der Waals surface area (Å²) in [5.41, 5.74) is 1.36. The predicted octanol–water partition coefficient (Wildman–Crippen LogP) is 2.72. The first-order valence-electron chi connectivity index (χ1n) is 6.34. The number of rotatable bonds is 3. The summed E-state index contributed by atoms with van der Waals surface area (Å²) < 4.78 is 12.9. The van der Waals surface area contributed by atoms with E-state index in [1.165, 1.54) is 23.5 Å². The monoisotopic (exact) mass is 303 g/mol. The molecule has 1 aromatic carbocycles. The quantitative estimate of drug-likeness (QED) is 0.857. The van der Waals surface area contributed by atoms with Gasteiger partial charge in [-0.05, 0) is 30.7 Å². The van der Waals surface area contributed by atoms with E-state index >= 15 is 0 Å². The Balaban J connectivity index is 2.03. The van der Waals surface area contributed by atoms with Crippen LogP contribution in [0.15, 0.2) is 35.7 Å². The molecular formula is C16H14FNO2S. The standard InChI is InChI=1S/C16H14FNO2S/c1-11(12-4-6-14(17)7-5-12)18-16(20)13-9-15(21-10-13)3-2-8-19/h4-7,9-11,19H,8H2,1H3,(H,18,20). The maximum Gasteiger partial charge on any atom is 0.252 e. The zero-order valence-electron chi connectivity index (χ0n) is 11.4. The number of thiophene rings is 1. The summed E-state index contributed by atoms with van der Waals surface area (Å²) in [4.78, 5) is 12.8. The van der Waals surface area contributed by atoms with Crippen molar-refractivity contribution in [3.63, 3.8) is 0 Å². The van der Waals surface area contributed by atoms with E-state index in [-0.39, 0.29) is 24.4 Å². The van der Waals surface area contributed by atoms with Gasteiger partial charge in [-0.15, -0.1) is 11.3 Å². The van der Waals surface area contributed by atoms with Crippen LogP contribution in [0, 0.1) is 17.7 Å². The van der Waals surface area contributed by atoms with Crippen molar-refractivity contribution in [1.29, 1.82) is 0 Å². The van der Waals surface area contributed by atoms with Gasteiger partial charge in [0.05, 0.1) is 16.5 Å². The topological polar surface area (TPSA) is 49.3 Å². The molecule has 0 aliphatic heterocycles. The normalized spacial score (nSPS) is 11.4. The van der Waals surface area contributed by atoms with Crippen LogP contribution >= 0.6 is 11.3 Å². The highest BCUT2D eigenvalue weighted by molar-refractivity contribution is 7.10. The highest BCUT2D eigenvalue weighted by Gasteiger charge is 2.12. The lowest BCUT2D eigenvalue weighted by molar-refractivity contribution is 0.0940. The second-order valence-electron chi connectivity index (χ2n) is 4.41. The largest absolute Gasteiger partial charge is 0.384 e. The molecule has 2 N–H and O–H groups in total. The molecule has 0 aliphatic rings.